The second-order valence-corrected chi connectivity index (χ2v) is 8.97. The van der Waals surface area contributed by atoms with Crippen LogP contribution in [-0.4, -0.2) is 29.3 Å². The predicted molar refractivity (Wildman–Crippen MR) is 112 cm³/mol. The lowest BCUT2D eigenvalue weighted by molar-refractivity contribution is -0.159. The third-order valence-electron chi connectivity index (χ3n) is 6.96. The van der Waals surface area contributed by atoms with E-state index in [-0.39, 0.29) is 23.9 Å². The van der Waals surface area contributed by atoms with E-state index in [0.29, 0.717) is 18.3 Å². The molecule has 2 N–H and O–H groups in total. The van der Waals surface area contributed by atoms with Gasteiger partial charge in [0.25, 0.3) is 0 Å². The van der Waals surface area contributed by atoms with Gasteiger partial charge in [-0.25, -0.2) is 0 Å². The molecule has 4 nitrogen and oxygen atoms in total. The lowest BCUT2D eigenvalue weighted by Gasteiger charge is -2.53. The van der Waals surface area contributed by atoms with Gasteiger partial charge in [0.05, 0.1) is 5.60 Å². The minimum Gasteiger partial charge on any atom is -0.458 e. The Labute approximate surface area is 169 Å². The van der Waals surface area contributed by atoms with Crippen LogP contribution in [0.15, 0.2) is 42.0 Å². The Bertz CT molecular complexity index is 701. The summed E-state index contributed by atoms with van der Waals surface area (Å²) in [6, 6.07) is 10.5. The van der Waals surface area contributed by atoms with Crippen molar-refractivity contribution in [1.82, 2.24) is 5.32 Å². The summed E-state index contributed by atoms with van der Waals surface area (Å²) in [7, 11) is 0. The number of benzene rings is 1. The Hall–Kier alpha value is -1.65. The highest BCUT2D eigenvalue weighted by Gasteiger charge is 2.52. The Morgan fingerprint density at radius 1 is 1.32 bits per heavy atom. The summed E-state index contributed by atoms with van der Waals surface area (Å²) >= 11 is 0. The number of hydrogen-bond acceptors (Lipinski definition) is 4. The number of nitrogens with one attached hydrogen (secondary N) is 1. The molecule has 0 aliphatic heterocycles. The minimum atomic E-state index is -0.795. The highest BCUT2D eigenvalue weighted by molar-refractivity contribution is 5.66. The average Bonchev–Trinajstić information content (AvgIpc) is 2.65. The number of hydrogen-bond donors (Lipinski definition) is 2. The summed E-state index contributed by atoms with van der Waals surface area (Å²) in [6.45, 7) is 9.70. The van der Waals surface area contributed by atoms with Gasteiger partial charge in [0.2, 0.25) is 0 Å². The zero-order chi connectivity index (χ0) is 20.3. The normalized spacial score (nSPS) is 33.5. The quantitative estimate of drug-likeness (QED) is 0.572. The van der Waals surface area contributed by atoms with E-state index in [2.05, 4.69) is 49.5 Å². The maximum absolute atomic E-state index is 11.6. The van der Waals surface area contributed by atoms with Crippen molar-refractivity contribution in [3.05, 3.63) is 47.5 Å². The lowest BCUT2D eigenvalue weighted by Crippen LogP contribution is -2.56. The lowest BCUT2D eigenvalue weighted by atomic mass is 9.57. The number of rotatable bonds is 6. The zero-order valence-corrected chi connectivity index (χ0v) is 17.7. The first-order valence-electron chi connectivity index (χ1n) is 10.6. The molecular weight excluding hydrogens is 350 g/mol. The van der Waals surface area contributed by atoms with Crippen LogP contribution in [0.25, 0.3) is 0 Å². The van der Waals surface area contributed by atoms with Crippen LogP contribution in [0.4, 0.5) is 0 Å². The van der Waals surface area contributed by atoms with E-state index in [1.807, 2.05) is 13.0 Å². The van der Waals surface area contributed by atoms with E-state index in [1.165, 1.54) is 12.5 Å². The molecular formula is C24H35NO3. The Balaban J connectivity index is 1.69. The molecule has 4 heteroatoms. The van der Waals surface area contributed by atoms with Crippen LogP contribution in [0.2, 0.25) is 0 Å². The van der Waals surface area contributed by atoms with E-state index >= 15 is 0 Å². The molecule has 0 spiro atoms. The van der Waals surface area contributed by atoms with Gasteiger partial charge in [0.1, 0.15) is 6.10 Å². The molecule has 1 fully saturated rings. The van der Waals surface area contributed by atoms with Crippen LogP contribution < -0.4 is 5.32 Å². The van der Waals surface area contributed by atoms with Crippen molar-refractivity contribution in [2.45, 2.75) is 65.2 Å². The summed E-state index contributed by atoms with van der Waals surface area (Å²) in [5.41, 5.74) is 1.57. The van der Waals surface area contributed by atoms with Crippen molar-refractivity contribution in [1.29, 1.82) is 0 Å². The van der Waals surface area contributed by atoms with Crippen LogP contribution >= 0.6 is 0 Å². The Morgan fingerprint density at radius 3 is 2.71 bits per heavy atom. The van der Waals surface area contributed by atoms with Crippen molar-refractivity contribution < 1.29 is 14.6 Å². The molecule has 3 rings (SSSR count). The third kappa shape index (κ3) is 4.49. The number of fused-ring (bicyclic) bond motifs is 1. The van der Waals surface area contributed by atoms with Crippen LogP contribution in [-0.2, 0) is 16.1 Å². The van der Waals surface area contributed by atoms with Gasteiger partial charge in [0.15, 0.2) is 0 Å². The van der Waals surface area contributed by atoms with Crippen molar-refractivity contribution in [2.75, 3.05) is 6.54 Å². The highest BCUT2D eigenvalue weighted by Crippen LogP contribution is 2.51. The summed E-state index contributed by atoms with van der Waals surface area (Å²) < 4.78 is 5.50. The first-order valence-corrected chi connectivity index (χ1v) is 10.6. The van der Waals surface area contributed by atoms with Gasteiger partial charge in [-0.05, 0) is 55.2 Å². The Kier molecular flexibility index (Phi) is 6.61. The summed E-state index contributed by atoms with van der Waals surface area (Å²) in [5, 5.41) is 15.2. The highest BCUT2D eigenvalue weighted by atomic mass is 16.5. The fourth-order valence-electron chi connectivity index (χ4n) is 5.19. The van der Waals surface area contributed by atoms with Gasteiger partial charge in [-0.15, -0.1) is 0 Å². The molecule has 0 bridgehead atoms. The molecule has 6 atom stereocenters. The van der Waals surface area contributed by atoms with Crippen molar-refractivity contribution in [2.24, 2.45) is 23.7 Å². The monoisotopic (exact) mass is 385 g/mol. The summed E-state index contributed by atoms with van der Waals surface area (Å²) in [6.07, 6.45) is 4.56. The van der Waals surface area contributed by atoms with Crippen LogP contribution in [0.1, 0.15) is 52.5 Å². The van der Waals surface area contributed by atoms with Gasteiger partial charge >= 0.3 is 5.97 Å². The number of ether oxygens (including phenoxy) is 1. The third-order valence-corrected chi connectivity index (χ3v) is 6.96. The topological polar surface area (TPSA) is 58.6 Å². The molecule has 1 aromatic carbocycles. The fraction of sp³-hybridized carbons (Fsp3) is 0.625. The largest absolute Gasteiger partial charge is 0.458 e. The molecule has 0 heterocycles. The number of esters is 1. The number of aliphatic hydroxyl groups is 1. The number of carbonyl (C=O) groups is 1. The average molecular weight is 386 g/mol. The van der Waals surface area contributed by atoms with E-state index in [0.717, 1.165) is 31.5 Å². The maximum atomic E-state index is 11.6. The molecule has 28 heavy (non-hydrogen) atoms. The van der Waals surface area contributed by atoms with Gasteiger partial charge in [-0.1, -0.05) is 50.3 Å². The fourth-order valence-corrected chi connectivity index (χ4v) is 5.19. The second kappa shape index (κ2) is 8.79. The van der Waals surface area contributed by atoms with E-state index in [9.17, 15) is 9.90 Å². The molecule has 154 valence electrons. The summed E-state index contributed by atoms with van der Waals surface area (Å²) in [5.74, 6) is 0.940. The second-order valence-electron chi connectivity index (χ2n) is 8.97. The maximum Gasteiger partial charge on any atom is 0.303 e. The van der Waals surface area contributed by atoms with E-state index < -0.39 is 5.60 Å². The van der Waals surface area contributed by atoms with E-state index in [1.54, 1.807) is 0 Å². The molecule has 2 aliphatic carbocycles. The smallest absolute Gasteiger partial charge is 0.303 e. The van der Waals surface area contributed by atoms with Gasteiger partial charge in [-0.3, -0.25) is 4.79 Å². The minimum absolute atomic E-state index is 0.122. The van der Waals surface area contributed by atoms with Crippen LogP contribution in [0.3, 0.4) is 0 Å². The van der Waals surface area contributed by atoms with Crippen molar-refractivity contribution in [3.63, 3.8) is 0 Å². The molecule has 0 aromatic heterocycles. The van der Waals surface area contributed by atoms with Crippen LogP contribution in [0.5, 0.6) is 0 Å². The molecule has 2 aliphatic rings. The molecule has 0 amide bonds. The molecule has 1 aromatic rings. The first kappa shape index (κ1) is 21.1. The SMILES string of the molecule is CC(=O)O[C@@H]1C[C@@]2(O)[C@H](C)CC[C@@H](C(C)CNCc3ccccc3)[C@H]2C=C1C. The van der Waals surface area contributed by atoms with Crippen molar-refractivity contribution >= 4 is 5.97 Å². The van der Waals surface area contributed by atoms with Gasteiger partial charge < -0.3 is 15.2 Å². The van der Waals surface area contributed by atoms with Gasteiger partial charge in [-0.2, -0.15) is 0 Å². The van der Waals surface area contributed by atoms with Crippen LogP contribution in [0, 0.1) is 23.7 Å². The zero-order valence-electron chi connectivity index (χ0n) is 17.7. The Morgan fingerprint density at radius 2 is 2.04 bits per heavy atom. The molecule has 1 unspecified atom stereocenters. The standard InChI is InChI=1S/C24H35NO3/c1-16-12-22-21(17(2)14-25-15-20-8-6-5-7-9-20)11-10-18(3)24(22,27)13-23(16)28-19(4)26/h5-9,12,17-18,21-23,25,27H,10-11,13-15H2,1-4H3/t17?,18-,21+,22-,23-,24-/m1/s1. The molecule has 0 radical (unpaired) electrons. The molecule has 1 saturated carbocycles. The number of carbonyl (C=O) groups excluding carboxylic acids is 1. The van der Waals surface area contributed by atoms with Crippen molar-refractivity contribution in [3.8, 4) is 0 Å². The predicted octanol–water partition coefficient (Wildman–Crippen LogP) is 4.09. The summed E-state index contributed by atoms with van der Waals surface area (Å²) in [4.78, 5) is 11.5. The first-order chi connectivity index (χ1) is 13.3. The molecule has 0 saturated heterocycles. The van der Waals surface area contributed by atoms with E-state index in [4.69, 9.17) is 4.74 Å². The van der Waals surface area contributed by atoms with Gasteiger partial charge in [0, 0.05) is 25.8 Å².